The molecule has 5 heteroatoms. The van der Waals surface area contributed by atoms with Crippen molar-refractivity contribution in [3.05, 3.63) is 31.8 Å². The third-order valence-electron chi connectivity index (χ3n) is 3.23. The molecule has 0 atom stereocenters. The summed E-state index contributed by atoms with van der Waals surface area (Å²) in [5, 5.41) is 3.13. The summed E-state index contributed by atoms with van der Waals surface area (Å²) in [4.78, 5) is 14.5. The standard InChI is InChI=1S/C13H16BrIN2O/c1-17-6-4-10(5-7-17)16-13(18)11-8-9(14)2-3-12(11)15/h2-3,8,10H,4-7H2,1H3,(H,16,18). The lowest BCUT2D eigenvalue weighted by atomic mass is 10.0. The van der Waals surface area contributed by atoms with Crippen molar-refractivity contribution in [2.24, 2.45) is 0 Å². The molecular weight excluding hydrogens is 407 g/mol. The van der Waals surface area contributed by atoms with Crippen molar-refractivity contribution in [1.29, 1.82) is 0 Å². The number of benzene rings is 1. The Bertz CT molecular complexity index is 445. The van der Waals surface area contributed by atoms with E-state index in [9.17, 15) is 4.79 Å². The van der Waals surface area contributed by atoms with E-state index < -0.39 is 0 Å². The molecule has 1 N–H and O–H groups in total. The number of hydrogen-bond acceptors (Lipinski definition) is 2. The number of nitrogens with zero attached hydrogens (tertiary/aromatic N) is 1. The fourth-order valence-electron chi connectivity index (χ4n) is 2.09. The highest BCUT2D eigenvalue weighted by Gasteiger charge is 2.20. The van der Waals surface area contributed by atoms with Crippen LogP contribution < -0.4 is 5.32 Å². The molecule has 0 unspecified atom stereocenters. The molecule has 1 aliphatic rings. The number of halogens is 2. The van der Waals surface area contributed by atoms with Gasteiger partial charge in [0.15, 0.2) is 0 Å². The van der Waals surface area contributed by atoms with Gasteiger partial charge in [-0.3, -0.25) is 4.79 Å². The summed E-state index contributed by atoms with van der Waals surface area (Å²) in [6.45, 7) is 2.11. The average Bonchev–Trinajstić information content (AvgIpc) is 2.35. The molecule has 98 valence electrons. The number of likely N-dealkylation sites (tertiary alicyclic amines) is 1. The summed E-state index contributed by atoms with van der Waals surface area (Å²) in [5.74, 6) is 0.0373. The Kier molecular flexibility index (Phi) is 5.03. The Hall–Kier alpha value is -0.140. The highest BCUT2D eigenvalue weighted by molar-refractivity contribution is 14.1. The van der Waals surface area contributed by atoms with E-state index in [1.54, 1.807) is 0 Å². The number of piperidine rings is 1. The van der Waals surface area contributed by atoms with E-state index in [-0.39, 0.29) is 5.91 Å². The maximum atomic E-state index is 12.2. The van der Waals surface area contributed by atoms with Crippen molar-refractivity contribution in [3.8, 4) is 0 Å². The molecule has 2 rings (SSSR count). The Labute approximate surface area is 130 Å². The second-order valence-electron chi connectivity index (χ2n) is 4.68. The molecule has 1 aromatic carbocycles. The first-order valence-electron chi connectivity index (χ1n) is 6.00. The predicted molar refractivity (Wildman–Crippen MR) is 84.8 cm³/mol. The maximum Gasteiger partial charge on any atom is 0.252 e. The molecule has 0 spiro atoms. The van der Waals surface area contributed by atoms with Crippen LogP contribution in [0.25, 0.3) is 0 Å². The Morgan fingerprint density at radius 3 is 2.78 bits per heavy atom. The van der Waals surface area contributed by atoms with Gasteiger partial charge < -0.3 is 10.2 Å². The van der Waals surface area contributed by atoms with Gasteiger partial charge in [0, 0.05) is 14.1 Å². The summed E-state index contributed by atoms with van der Waals surface area (Å²) in [5.41, 5.74) is 0.754. The molecule has 1 fully saturated rings. The highest BCUT2D eigenvalue weighted by atomic mass is 127. The van der Waals surface area contributed by atoms with Crippen molar-refractivity contribution in [2.75, 3.05) is 20.1 Å². The summed E-state index contributed by atoms with van der Waals surface area (Å²) in [7, 11) is 2.12. The molecule has 1 saturated heterocycles. The van der Waals surface area contributed by atoms with E-state index in [2.05, 4.69) is 55.8 Å². The first kappa shape index (κ1) is 14.3. The normalized spacial score (nSPS) is 17.7. The van der Waals surface area contributed by atoms with Crippen LogP contribution >= 0.6 is 38.5 Å². The van der Waals surface area contributed by atoms with Gasteiger partial charge in [-0.25, -0.2) is 0 Å². The number of nitrogens with one attached hydrogen (secondary N) is 1. The third-order valence-corrected chi connectivity index (χ3v) is 4.66. The first-order valence-corrected chi connectivity index (χ1v) is 7.88. The van der Waals surface area contributed by atoms with Gasteiger partial charge in [0.25, 0.3) is 5.91 Å². The number of hydrogen-bond donors (Lipinski definition) is 1. The van der Waals surface area contributed by atoms with Crippen molar-refractivity contribution in [1.82, 2.24) is 10.2 Å². The summed E-state index contributed by atoms with van der Waals surface area (Å²) < 4.78 is 1.93. The molecule has 1 heterocycles. The van der Waals surface area contributed by atoms with Crippen molar-refractivity contribution < 1.29 is 4.79 Å². The van der Waals surface area contributed by atoms with Gasteiger partial charge in [0.2, 0.25) is 0 Å². The van der Waals surface area contributed by atoms with Gasteiger partial charge >= 0.3 is 0 Å². The Balaban J connectivity index is 2.01. The number of carbonyl (C=O) groups excluding carboxylic acids is 1. The van der Waals surface area contributed by atoms with Crippen LogP contribution in [-0.2, 0) is 0 Å². The SMILES string of the molecule is CN1CCC(NC(=O)c2cc(Br)ccc2I)CC1. The maximum absolute atomic E-state index is 12.2. The van der Waals surface area contributed by atoms with E-state index in [1.165, 1.54) is 0 Å². The number of rotatable bonds is 2. The zero-order valence-corrected chi connectivity index (χ0v) is 14.0. The highest BCUT2D eigenvalue weighted by Crippen LogP contribution is 2.19. The number of amides is 1. The molecule has 0 radical (unpaired) electrons. The zero-order chi connectivity index (χ0) is 13.1. The minimum Gasteiger partial charge on any atom is -0.349 e. The fourth-order valence-corrected chi connectivity index (χ4v) is 3.03. The van der Waals surface area contributed by atoms with E-state index in [0.29, 0.717) is 6.04 Å². The van der Waals surface area contributed by atoms with Gasteiger partial charge in [0.1, 0.15) is 0 Å². The van der Waals surface area contributed by atoms with Crippen LogP contribution in [0.3, 0.4) is 0 Å². The molecule has 18 heavy (non-hydrogen) atoms. The molecule has 0 saturated carbocycles. The van der Waals surface area contributed by atoms with Gasteiger partial charge in [-0.15, -0.1) is 0 Å². The summed E-state index contributed by atoms with van der Waals surface area (Å²) >= 11 is 5.61. The number of carbonyl (C=O) groups is 1. The van der Waals surface area contributed by atoms with Crippen LogP contribution in [0.5, 0.6) is 0 Å². The lowest BCUT2D eigenvalue weighted by Crippen LogP contribution is -2.43. The molecule has 3 nitrogen and oxygen atoms in total. The lowest BCUT2D eigenvalue weighted by molar-refractivity contribution is 0.0916. The molecular formula is C13H16BrIN2O. The third kappa shape index (κ3) is 3.68. The fraction of sp³-hybridized carbons (Fsp3) is 0.462. The molecule has 0 bridgehead atoms. The zero-order valence-electron chi connectivity index (χ0n) is 10.2. The van der Waals surface area contributed by atoms with Gasteiger partial charge in [0.05, 0.1) is 5.56 Å². The summed E-state index contributed by atoms with van der Waals surface area (Å²) in [6.07, 6.45) is 2.07. The molecule has 1 aromatic rings. The topological polar surface area (TPSA) is 32.3 Å². The molecule has 1 amide bonds. The monoisotopic (exact) mass is 422 g/mol. The quantitative estimate of drug-likeness (QED) is 0.743. The summed E-state index contributed by atoms with van der Waals surface area (Å²) in [6, 6.07) is 6.09. The van der Waals surface area contributed by atoms with Crippen molar-refractivity contribution in [3.63, 3.8) is 0 Å². The van der Waals surface area contributed by atoms with Gasteiger partial charge in [-0.1, -0.05) is 15.9 Å². The largest absolute Gasteiger partial charge is 0.349 e. The van der Waals surface area contributed by atoms with Gasteiger partial charge in [-0.05, 0) is 73.8 Å². The van der Waals surface area contributed by atoms with Gasteiger partial charge in [-0.2, -0.15) is 0 Å². The van der Waals surface area contributed by atoms with Crippen LogP contribution in [0.15, 0.2) is 22.7 Å². The molecule has 0 aromatic heterocycles. The van der Waals surface area contributed by atoms with Crippen LogP contribution in [0.2, 0.25) is 0 Å². The Morgan fingerprint density at radius 1 is 1.44 bits per heavy atom. The molecule has 1 aliphatic heterocycles. The lowest BCUT2D eigenvalue weighted by Gasteiger charge is -2.29. The molecule has 0 aliphatic carbocycles. The first-order chi connectivity index (χ1) is 8.56. The smallest absolute Gasteiger partial charge is 0.252 e. The minimum atomic E-state index is 0.0373. The second-order valence-corrected chi connectivity index (χ2v) is 6.75. The van der Waals surface area contributed by atoms with Crippen LogP contribution in [0.1, 0.15) is 23.2 Å². The predicted octanol–water partition coefficient (Wildman–Crippen LogP) is 2.88. The Morgan fingerprint density at radius 2 is 2.11 bits per heavy atom. The van der Waals surface area contributed by atoms with E-state index in [1.807, 2.05) is 18.2 Å². The van der Waals surface area contributed by atoms with Crippen molar-refractivity contribution >= 4 is 44.4 Å². The van der Waals surface area contributed by atoms with E-state index in [4.69, 9.17) is 0 Å². The van der Waals surface area contributed by atoms with Crippen LogP contribution in [-0.4, -0.2) is 37.0 Å². The van der Waals surface area contributed by atoms with Crippen LogP contribution in [0.4, 0.5) is 0 Å². The van der Waals surface area contributed by atoms with Crippen molar-refractivity contribution in [2.45, 2.75) is 18.9 Å². The average molecular weight is 423 g/mol. The minimum absolute atomic E-state index is 0.0373. The van der Waals surface area contributed by atoms with E-state index >= 15 is 0 Å². The second kappa shape index (κ2) is 6.34. The van der Waals surface area contributed by atoms with E-state index in [0.717, 1.165) is 39.5 Å². The van der Waals surface area contributed by atoms with Crippen LogP contribution in [0, 0.1) is 3.57 Å².